The molecule has 3 amide bonds. The molecule has 2 aromatic rings. The average Bonchev–Trinajstić information content (AvgIpc) is 3.05. The third kappa shape index (κ3) is 4.55. The number of ether oxygens (including phenoxy) is 1. The van der Waals surface area contributed by atoms with Gasteiger partial charge in [-0.05, 0) is 24.6 Å². The fraction of sp³-hybridized carbons (Fsp3) is 0.333. The van der Waals surface area contributed by atoms with Crippen molar-refractivity contribution >= 4 is 23.7 Å². The summed E-state index contributed by atoms with van der Waals surface area (Å²) in [5.74, 6) is -2.13. The highest BCUT2D eigenvalue weighted by molar-refractivity contribution is 6.22. The van der Waals surface area contributed by atoms with Crippen LogP contribution in [0.1, 0.15) is 33.2 Å². The standard InChI is InChI=1S/C24H25N3O5/c1-17(22(29)26-13-11-25(12-14-26)15-18-7-3-2-4-8-18)32-21(28)16-27-23(30)19-9-5-6-10-20(19)24(27)31/h2-10,17H,11-16H2,1H3. The third-order valence-corrected chi connectivity index (χ3v) is 5.75. The Bertz CT molecular complexity index is 996. The maximum atomic E-state index is 12.7. The molecule has 1 fully saturated rings. The number of nitrogens with zero attached hydrogens (tertiary/aromatic N) is 3. The van der Waals surface area contributed by atoms with Crippen LogP contribution in [-0.2, 0) is 20.9 Å². The second-order valence-corrected chi connectivity index (χ2v) is 7.96. The first-order valence-corrected chi connectivity index (χ1v) is 10.6. The number of carbonyl (C=O) groups excluding carboxylic acids is 4. The van der Waals surface area contributed by atoms with Gasteiger partial charge in [0.05, 0.1) is 11.1 Å². The van der Waals surface area contributed by atoms with Gasteiger partial charge in [0, 0.05) is 32.7 Å². The van der Waals surface area contributed by atoms with Crippen LogP contribution in [0.2, 0.25) is 0 Å². The number of carbonyl (C=O) groups is 4. The van der Waals surface area contributed by atoms with E-state index in [1.54, 1.807) is 29.2 Å². The van der Waals surface area contributed by atoms with Gasteiger partial charge in [0.2, 0.25) is 0 Å². The molecule has 8 nitrogen and oxygen atoms in total. The van der Waals surface area contributed by atoms with Crippen molar-refractivity contribution in [2.75, 3.05) is 32.7 Å². The summed E-state index contributed by atoms with van der Waals surface area (Å²) in [6.07, 6.45) is -0.988. The van der Waals surface area contributed by atoms with E-state index < -0.39 is 30.4 Å². The van der Waals surface area contributed by atoms with Gasteiger partial charge in [-0.2, -0.15) is 0 Å². The smallest absolute Gasteiger partial charge is 0.326 e. The molecular weight excluding hydrogens is 410 g/mol. The van der Waals surface area contributed by atoms with E-state index in [9.17, 15) is 19.2 Å². The maximum absolute atomic E-state index is 12.7. The van der Waals surface area contributed by atoms with Gasteiger partial charge in [0.15, 0.2) is 6.10 Å². The second-order valence-electron chi connectivity index (χ2n) is 7.96. The molecule has 2 aromatic carbocycles. The number of piperazine rings is 1. The highest BCUT2D eigenvalue weighted by atomic mass is 16.5. The van der Waals surface area contributed by atoms with Crippen molar-refractivity contribution in [3.05, 3.63) is 71.3 Å². The number of hydrogen-bond donors (Lipinski definition) is 0. The molecule has 1 atom stereocenters. The average molecular weight is 435 g/mol. The van der Waals surface area contributed by atoms with Gasteiger partial charge in [0.25, 0.3) is 17.7 Å². The van der Waals surface area contributed by atoms with Crippen LogP contribution in [0.15, 0.2) is 54.6 Å². The Balaban J connectivity index is 1.26. The summed E-state index contributed by atoms with van der Waals surface area (Å²) in [4.78, 5) is 54.7. The first-order valence-electron chi connectivity index (χ1n) is 10.6. The number of imide groups is 1. The highest BCUT2D eigenvalue weighted by Crippen LogP contribution is 2.22. The number of fused-ring (bicyclic) bond motifs is 1. The predicted octanol–water partition coefficient (Wildman–Crippen LogP) is 1.56. The summed E-state index contributed by atoms with van der Waals surface area (Å²) in [6, 6.07) is 16.6. The first-order chi connectivity index (χ1) is 15.4. The van der Waals surface area contributed by atoms with Crippen LogP contribution < -0.4 is 0 Å². The second kappa shape index (κ2) is 9.32. The van der Waals surface area contributed by atoms with E-state index in [0.717, 1.165) is 24.5 Å². The van der Waals surface area contributed by atoms with Gasteiger partial charge in [-0.3, -0.25) is 29.0 Å². The molecule has 1 unspecified atom stereocenters. The van der Waals surface area contributed by atoms with Crippen LogP contribution in [0.5, 0.6) is 0 Å². The molecule has 0 N–H and O–H groups in total. The molecule has 0 radical (unpaired) electrons. The molecule has 32 heavy (non-hydrogen) atoms. The van der Waals surface area contributed by atoms with Gasteiger partial charge in [-0.25, -0.2) is 0 Å². The van der Waals surface area contributed by atoms with Crippen LogP contribution in [0.3, 0.4) is 0 Å². The minimum absolute atomic E-state index is 0.266. The molecule has 0 aliphatic carbocycles. The van der Waals surface area contributed by atoms with Crippen LogP contribution in [0, 0.1) is 0 Å². The summed E-state index contributed by atoms with van der Waals surface area (Å²) >= 11 is 0. The topological polar surface area (TPSA) is 87.2 Å². The molecule has 4 rings (SSSR count). The molecule has 166 valence electrons. The van der Waals surface area contributed by atoms with Crippen LogP contribution in [0.4, 0.5) is 0 Å². The van der Waals surface area contributed by atoms with E-state index in [1.807, 2.05) is 18.2 Å². The molecular formula is C24H25N3O5. The number of benzene rings is 2. The fourth-order valence-electron chi connectivity index (χ4n) is 4.02. The van der Waals surface area contributed by atoms with Crippen LogP contribution in [-0.4, -0.2) is 77.2 Å². The Labute approximate surface area is 186 Å². The van der Waals surface area contributed by atoms with E-state index in [0.29, 0.717) is 13.1 Å². The van der Waals surface area contributed by atoms with Crippen molar-refractivity contribution in [2.24, 2.45) is 0 Å². The highest BCUT2D eigenvalue weighted by Gasteiger charge is 2.37. The molecule has 0 spiro atoms. The van der Waals surface area contributed by atoms with Gasteiger partial charge in [-0.1, -0.05) is 42.5 Å². The number of hydrogen-bond acceptors (Lipinski definition) is 6. The summed E-state index contributed by atoms with van der Waals surface area (Å²) in [5, 5.41) is 0. The van der Waals surface area contributed by atoms with E-state index in [-0.39, 0.29) is 17.0 Å². The molecule has 2 aliphatic heterocycles. The number of rotatable bonds is 6. The van der Waals surface area contributed by atoms with Gasteiger partial charge in [-0.15, -0.1) is 0 Å². The third-order valence-electron chi connectivity index (χ3n) is 5.75. The van der Waals surface area contributed by atoms with Crippen molar-refractivity contribution in [2.45, 2.75) is 19.6 Å². The summed E-state index contributed by atoms with van der Waals surface area (Å²) < 4.78 is 5.26. The van der Waals surface area contributed by atoms with Crippen molar-refractivity contribution in [1.29, 1.82) is 0 Å². The van der Waals surface area contributed by atoms with E-state index in [1.165, 1.54) is 12.5 Å². The Morgan fingerprint density at radius 3 is 2.03 bits per heavy atom. The first kappa shape index (κ1) is 21.7. The SMILES string of the molecule is CC(OC(=O)CN1C(=O)c2ccccc2C1=O)C(=O)N1CCN(Cc2ccccc2)CC1. The lowest BCUT2D eigenvalue weighted by Gasteiger charge is -2.35. The lowest BCUT2D eigenvalue weighted by Crippen LogP contribution is -2.51. The summed E-state index contributed by atoms with van der Waals surface area (Å²) in [5.41, 5.74) is 1.76. The number of amides is 3. The summed E-state index contributed by atoms with van der Waals surface area (Å²) in [7, 11) is 0. The van der Waals surface area contributed by atoms with Gasteiger partial charge < -0.3 is 9.64 Å². The molecule has 0 saturated carbocycles. The Morgan fingerprint density at radius 2 is 1.44 bits per heavy atom. The zero-order valence-electron chi connectivity index (χ0n) is 17.9. The fourth-order valence-corrected chi connectivity index (χ4v) is 4.02. The van der Waals surface area contributed by atoms with Crippen molar-refractivity contribution < 1.29 is 23.9 Å². The molecule has 0 aromatic heterocycles. The zero-order valence-corrected chi connectivity index (χ0v) is 17.9. The van der Waals surface area contributed by atoms with Crippen LogP contribution in [0.25, 0.3) is 0 Å². The van der Waals surface area contributed by atoms with Crippen molar-refractivity contribution in [1.82, 2.24) is 14.7 Å². The molecule has 0 bridgehead atoms. The van der Waals surface area contributed by atoms with E-state index in [2.05, 4.69) is 17.0 Å². The normalized spacial score (nSPS) is 17.3. The van der Waals surface area contributed by atoms with Gasteiger partial charge in [0.1, 0.15) is 6.54 Å². The molecule has 2 aliphatic rings. The Hall–Kier alpha value is -3.52. The van der Waals surface area contributed by atoms with Crippen molar-refractivity contribution in [3.63, 3.8) is 0 Å². The van der Waals surface area contributed by atoms with E-state index >= 15 is 0 Å². The zero-order chi connectivity index (χ0) is 22.7. The lowest BCUT2D eigenvalue weighted by molar-refractivity contribution is -0.160. The minimum atomic E-state index is -0.988. The Morgan fingerprint density at radius 1 is 0.875 bits per heavy atom. The molecule has 2 heterocycles. The minimum Gasteiger partial charge on any atom is -0.451 e. The quantitative estimate of drug-likeness (QED) is 0.506. The molecule has 8 heteroatoms. The Kier molecular flexibility index (Phi) is 6.32. The predicted molar refractivity (Wildman–Crippen MR) is 116 cm³/mol. The van der Waals surface area contributed by atoms with Crippen molar-refractivity contribution in [3.8, 4) is 0 Å². The van der Waals surface area contributed by atoms with Gasteiger partial charge >= 0.3 is 5.97 Å². The van der Waals surface area contributed by atoms with Crippen LogP contribution >= 0.6 is 0 Å². The van der Waals surface area contributed by atoms with E-state index in [4.69, 9.17) is 4.74 Å². The maximum Gasteiger partial charge on any atom is 0.326 e. The monoisotopic (exact) mass is 435 g/mol. The molecule has 1 saturated heterocycles. The largest absolute Gasteiger partial charge is 0.451 e. The lowest BCUT2D eigenvalue weighted by atomic mass is 10.1. The number of esters is 1. The summed E-state index contributed by atoms with van der Waals surface area (Å²) in [6.45, 7) is 4.38.